The number of benzene rings is 2. The van der Waals surface area contributed by atoms with Crippen molar-refractivity contribution in [2.75, 3.05) is 12.8 Å². The lowest BCUT2D eigenvalue weighted by Gasteiger charge is -2.12. The molecule has 0 bridgehead atoms. The maximum absolute atomic E-state index is 8.36. The molecule has 0 amide bonds. The van der Waals surface area contributed by atoms with Gasteiger partial charge >= 0.3 is 0 Å². The molecule has 0 aromatic heterocycles. The van der Waals surface area contributed by atoms with Crippen LogP contribution in [0.25, 0.3) is 0 Å². The summed E-state index contributed by atoms with van der Waals surface area (Å²) >= 11 is 7.98. The van der Waals surface area contributed by atoms with Crippen molar-refractivity contribution in [1.29, 1.82) is 0 Å². The number of carbonyl (C=O) groups is 1. The largest absolute Gasteiger partial charge is 0.483 e. The van der Waals surface area contributed by atoms with Crippen molar-refractivity contribution >= 4 is 29.8 Å². The lowest BCUT2D eigenvalue weighted by atomic mass is 10.1. The van der Waals surface area contributed by atoms with Gasteiger partial charge in [0.05, 0.1) is 0 Å². The second kappa shape index (κ2) is 8.82. The SMILES string of the molecule is CNCc1ccc(Cl)cc1Oc1ccc2c(c1)CCS2.O=CO. The van der Waals surface area contributed by atoms with Gasteiger partial charge < -0.3 is 15.2 Å². The molecule has 3 rings (SSSR count). The van der Waals surface area contributed by atoms with Gasteiger partial charge in [0.15, 0.2) is 0 Å². The topological polar surface area (TPSA) is 58.6 Å². The summed E-state index contributed by atoms with van der Waals surface area (Å²) in [6.45, 7) is 0.507. The molecule has 122 valence electrons. The monoisotopic (exact) mass is 351 g/mol. The highest BCUT2D eigenvalue weighted by molar-refractivity contribution is 7.99. The van der Waals surface area contributed by atoms with Crippen LogP contribution in [0.1, 0.15) is 11.1 Å². The van der Waals surface area contributed by atoms with E-state index in [0.717, 1.165) is 30.0 Å². The third-order valence-electron chi connectivity index (χ3n) is 3.29. The van der Waals surface area contributed by atoms with Gasteiger partial charge in [0.2, 0.25) is 0 Å². The van der Waals surface area contributed by atoms with E-state index in [4.69, 9.17) is 26.2 Å². The number of fused-ring (bicyclic) bond motifs is 1. The number of nitrogens with one attached hydrogen (secondary N) is 1. The molecule has 2 N–H and O–H groups in total. The molecular formula is C17H18ClNO3S. The fraction of sp³-hybridized carbons (Fsp3) is 0.235. The van der Waals surface area contributed by atoms with Gasteiger partial charge in [-0.05, 0) is 49.4 Å². The molecule has 0 fully saturated rings. The highest BCUT2D eigenvalue weighted by atomic mass is 35.5. The molecule has 1 heterocycles. The van der Waals surface area contributed by atoms with Gasteiger partial charge in [-0.1, -0.05) is 17.7 Å². The van der Waals surface area contributed by atoms with E-state index in [1.165, 1.54) is 16.2 Å². The van der Waals surface area contributed by atoms with Gasteiger partial charge in [0.1, 0.15) is 11.5 Å². The molecule has 0 radical (unpaired) electrons. The molecule has 0 unspecified atom stereocenters. The molecule has 23 heavy (non-hydrogen) atoms. The third kappa shape index (κ3) is 4.89. The Morgan fingerprint density at radius 2 is 2.13 bits per heavy atom. The first-order valence-electron chi connectivity index (χ1n) is 7.12. The first-order chi connectivity index (χ1) is 11.2. The van der Waals surface area contributed by atoms with Crippen molar-refractivity contribution in [3.8, 4) is 11.5 Å². The minimum absolute atomic E-state index is 0.250. The molecule has 2 aromatic rings. The number of aryl methyl sites for hydroxylation is 1. The van der Waals surface area contributed by atoms with Crippen LogP contribution in [0, 0.1) is 0 Å². The van der Waals surface area contributed by atoms with Crippen molar-refractivity contribution in [1.82, 2.24) is 5.32 Å². The molecule has 1 aliphatic rings. The number of carboxylic acid groups (broad SMARTS) is 1. The van der Waals surface area contributed by atoms with Crippen LogP contribution in [0.5, 0.6) is 11.5 Å². The average molecular weight is 352 g/mol. The van der Waals surface area contributed by atoms with Crippen molar-refractivity contribution < 1.29 is 14.6 Å². The Morgan fingerprint density at radius 3 is 2.87 bits per heavy atom. The van der Waals surface area contributed by atoms with E-state index in [0.29, 0.717) is 5.02 Å². The summed E-state index contributed by atoms with van der Waals surface area (Å²) in [4.78, 5) is 9.74. The van der Waals surface area contributed by atoms with Crippen LogP contribution >= 0.6 is 23.4 Å². The summed E-state index contributed by atoms with van der Waals surface area (Å²) in [6, 6.07) is 12.1. The van der Waals surface area contributed by atoms with E-state index >= 15 is 0 Å². The van der Waals surface area contributed by atoms with Crippen LogP contribution in [-0.4, -0.2) is 24.4 Å². The summed E-state index contributed by atoms with van der Waals surface area (Å²) in [6.07, 6.45) is 1.12. The zero-order valence-corrected chi connectivity index (χ0v) is 14.3. The van der Waals surface area contributed by atoms with Crippen molar-refractivity contribution in [2.45, 2.75) is 17.9 Å². The van der Waals surface area contributed by atoms with Gasteiger partial charge in [-0.25, -0.2) is 0 Å². The third-order valence-corrected chi connectivity index (χ3v) is 4.64. The van der Waals surface area contributed by atoms with Gasteiger partial charge in [-0.15, -0.1) is 11.8 Å². The van der Waals surface area contributed by atoms with Crippen LogP contribution in [0.15, 0.2) is 41.3 Å². The first kappa shape index (κ1) is 17.7. The number of halogens is 1. The van der Waals surface area contributed by atoms with Gasteiger partial charge in [0, 0.05) is 27.8 Å². The zero-order chi connectivity index (χ0) is 16.7. The van der Waals surface area contributed by atoms with Crippen LogP contribution in [0.2, 0.25) is 5.02 Å². The Labute approximate surface area is 144 Å². The molecule has 0 atom stereocenters. The van der Waals surface area contributed by atoms with E-state index in [2.05, 4.69) is 17.4 Å². The van der Waals surface area contributed by atoms with Crippen molar-refractivity contribution in [3.05, 3.63) is 52.5 Å². The van der Waals surface area contributed by atoms with E-state index in [1.54, 1.807) is 0 Å². The van der Waals surface area contributed by atoms with Crippen LogP contribution < -0.4 is 10.1 Å². The molecule has 6 heteroatoms. The standard InChI is InChI=1S/C16H16ClNOS.CH2O2/c1-18-10-12-2-3-13(17)9-15(12)19-14-4-5-16-11(8-14)6-7-20-16;2-1-3/h2-5,8-9,18H,6-7,10H2,1H3;1H,(H,2,3). The second-order valence-corrected chi connectivity index (χ2v) is 6.43. The predicted octanol–water partition coefficient (Wildman–Crippen LogP) is 4.20. The molecule has 0 saturated carbocycles. The summed E-state index contributed by atoms with van der Waals surface area (Å²) in [5.74, 6) is 2.87. The Hall–Kier alpha value is -1.69. The zero-order valence-electron chi connectivity index (χ0n) is 12.7. The van der Waals surface area contributed by atoms with Crippen LogP contribution in [0.4, 0.5) is 0 Å². The molecule has 4 nitrogen and oxygen atoms in total. The van der Waals surface area contributed by atoms with Gasteiger partial charge in [-0.2, -0.15) is 0 Å². The molecule has 0 saturated heterocycles. The summed E-state index contributed by atoms with van der Waals surface area (Å²) in [5, 5.41) is 10.7. The quantitative estimate of drug-likeness (QED) is 0.808. The van der Waals surface area contributed by atoms with E-state index in [-0.39, 0.29) is 6.47 Å². The second-order valence-electron chi connectivity index (χ2n) is 4.86. The molecular weight excluding hydrogens is 334 g/mol. The maximum Gasteiger partial charge on any atom is 0.290 e. The number of thioether (sulfide) groups is 1. The van der Waals surface area contributed by atoms with Crippen LogP contribution in [0.3, 0.4) is 0 Å². The summed E-state index contributed by atoms with van der Waals surface area (Å²) in [5.41, 5.74) is 2.48. The first-order valence-corrected chi connectivity index (χ1v) is 8.48. The van der Waals surface area contributed by atoms with Gasteiger partial charge in [-0.3, -0.25) is 4.79 Å². The lowest BCUT2D eigenvalue weighted by molar-refractivity contribution is -0.122. The minimum Gasteiger partial charge on any atom is -0.483 e. The normalized spacial score (nSPS) is 12.1. The fourth-order valence-electron chi connectivity index (χ4n) is 2.31. The fourth-order valence-corrected chi connectivity index (χ4v) is 3.53. The number of hydrogen-bond donors (Lipinski definition) is 2. The lowest BCUT2D eigenvalue weighted by Crippen LogP contribution is -2.06. The molecule has 0 spiro atoms. The Bertz CT molecular complexity index is 679. The Kier molecular flexibility index (Phi) is 6.77. The van der Waals surface area contributed by atoms with Crippen LogP contribution in [-0.2, 0) is 17.8 Å². The number of hydrogen-bond acceptors (Lipinski definition) is 4. The highest BCUT2D eigenvalue weighted by Crippen LogP contribution is 2.36. The van der Waals surface area contributed by atoms with Crippen molar-refractivity contribution in [2.24, 2.45) is 0 Å². The highest BCUT2D eigenvalue weighted by Gasteiger charge is 2.13. The van der Waals surface area contributed by atoms with Gasteiger partial charge in [0.25, 0.3) is 6.47 Å². The van der Waals surface area contributed by atoms with E-state index in [9.17, 15) is 0 Å². The average Bonchev–Trinajstić information content (AvgIpc) is 2.98. The predicted molar refractivity (Wildman–Crippen MR) is 93.9 cm³/mol. The summed E-state index contributed by atoms with van der Waals surface area (Å²) in [7, 11) is 1.92. The van der Waals surface area contributed by atoms with E-state index < -0.39 is 0 Å². The Morgan fingerprint density at radius 1 is 1.35 bits per heavy atom. The smallest absolute Gasteiger partial charge is 0.290 e. The molecule has 0 aliphatic carbocycles. The molecule has 2 aromatic carbocycles. The number of rotatable bonds is 4. The minimum atomic E-state index is -0.250. The maximum atomic E-state index is 8.36. The Balaban J connectivity index is 0.000000595. The molecule has 1 aliphatic heterocycles. The van der Waals surface area contributed by atoms with E-state index in [1.807, 2.05) is 43.1 Å². The summed E-state index contributed by atoms with van der Waals surface area (Å²) < 4.78 is 6.03. The van der Waals surface area contributed by atoms with Crippen molar-refractivity contribution in [3.63, 3.8) is 0 Å². The number of ether oxygens (including phenoxy) is 1.